The molecule has 0 fully saturated rings. The Morgan fingerprint density at radius 2 is 1.75 bits per heavy atom. The lowest BCUT2D eigenvalue weighted by Crippen LogP contribution is -2.55. The number of nitrogens with one attached hydrogen (secondary N) is 1. The van der Waals surface area contributed by atoms with Crippen molar-refractivity contribution in [1.29, 1.82) is 0 Å². The van der Waals surface area contributed by atoms with Crippen molar-refractivity contribution >= 4 is 23.7 Å². The molecule has 172 valence electrons. The molecule has 1 aliphatic heterocycles. The average molecular weight is 462 g/mol. The number of rotatable bonds is 9. The molecule has 3 rings (SSSR count). The molecule has 2 aromatic rings. The first kappa shape index (κ1) is 23.9. The first-order valence-corrected chi connectivity index (χ1v) is 11.3. The van der Waals surface area contributed by atoms with E-state index in [1.54, 1.807) is 23.9 Å². The van der Waals surface area contributed by atoms with E-state index < -0.39 is 23.8 Å². The Bertz CT molecular complexity index is 965. The zero-order valence-electron chi connectivity index (χ0n) is 18.4. The Balaban J connectivity index is 1.64. The third-order valence-electron chi connectivity index (χ3n) is 5.12. The first-order valence-electron chi connectivity index (χ1n) is 10.1. The molecule has 0 aromatic heterocycles. The van der Waals surface area contributed by atoms with Gasteiger partial charge in [-0.05, 0) is 48.9 Å². The first-order chi connectivity index (χ1) is 15.3. The highest BCUT2D eigenvalue weighted by Crippen LogP contribution is 2.41. The third kappa shape index (κ3) is 4.85. The van der Waals surface area contributed by atoms with E-state index in [1.807, 2.05) is 43.5 Å². The molecule has 1 heterocycles. The fourth-order valence-electron chi connectivity index (χ4n) is 3.48. The summed E-state index contributed by atoms with van der Waals surface area (Å²) in [7, 11) is 2.26. The van der Waals surface area contributed by atoms with Gasteiger partial charge in [-0.2, -0.15) is 0 Å². The Kier molecular flexibility index (Phi) is 7.65. The maximum absolute atomic E-state index is 12.2. The zero-order valence-corrected chi connectivity index (χ0v) is 19.2. The van der Waals surface area contributed by atoms with E-state index >= 15 is 0 Å². The van der Waals surface area contributed by atoms with Crippen molar-refractivity contribution in [3.05, 3.63) is 53.6 Å². The van der Waals surface area contributed by atoms with E-state index in [0.29, 0.717) is 13.0 Å². The fourth-order valence-corrected chi connectivity index (χ4v) is 4.14. The number of methoxy groups -OCH3 is 2. The molecule has 32 heavy (non-hydrogen) atoms. The van der Waals surface area contributed by atoms with Crippen molar-refractivity contribution < 1.29 is 33.6 Å². The van der Waals surface area contributed by atoms with Crippen molar-refractivity contribution in [2.45, 2.75) is 36.2 Å². The molecule has 0 saturated carbocycles. The van der Waals surface area contributed by atoms with Crippen LogP contribution in [0.25, 0.3) is 0 Å². The summed E-state index contributed by atoms with van der Waals surface area (Å²) in [5.74, 6) is -3.81. The number of aliphatic hydroxyl groups is 1. The van der Waals surface area contributed by atoms with Crippen LogP contribution in [0.2, 0.25) is 0 Å². The van der Waals surface area contributed by atoms with Crippen molar-refractivity contribution in [2.24, 2.45) is 0 Å². The van der Waals surface area contributed by atoms with Crippen LogP contribution < -0.4 is 14.8 Å². The standard InChI is InChI=1S/C23H27NO7S/c1-14(24-13-17(25)16-7-5-6-8-20(16)32-4)11-15-9-10-18-19(12-15)31-23(30-18,21(26)28-2)22(27)29-3/h5-10,12,14,17,24-25H,11,13H2,1-4H3. The second-order valence-corrected chi connectivity index (χ2v) is 8.20. The third-order valence-corrected chi connectivity index (χ3v) is 5.93. The highest BCUT2D eigenvalue weighted by Gasteiger charge is 2.59. The molecule has 2 aromatic carbocycles. The normalized spacial score (nSPS) is 15.7. The largest absolute Gasteiger partial charge is 0.463 e. The van der Waals surface area contributed by atoms with Crippen LogP contribution >= 0.6 is 11.8 Å². The molecule has 8 nitrogen and oxygen atoms in total. The summed E-state index contributed by atoms with van der Waals surface area (Å²) in [5.41, 5.74) is 1.79. The number of aliphatic hydroxyl groups excluding tert-OH is 1. The summed E-state index contributed by atoms with van der Waals surface area (Å²) in [6.45, 7) is 2.40. The summed E-state index contributed by atoms with van der Waals surface area (Å²) in [6, 6.07) is 13.0. The van der Waals surface area contributed by atoms with Crippen LogP contribution in [0.1, 0.15) is 24.2 Å². The summed E-state index contributed by atoms with van der Waals surface area (Å²) in [4.78, 5) is 25.4. The highest BCUT2D eigenvalue weighted by molar-refractivity contribution is 7.98. The Hall–Kier alpha value is -2.75. The van der Waals surface area contributed by atoms with Gasteiger partial charge in [-0.1, -0.05) is 24.3 Å². The number of ether oxygens (including phenoxy) is 4. The molecular formula is C23H27NO7S. The van der Waals surface area contributed by atoms with E-state index in [-0.39, 0.29) is 17.5 Å². The molecule has 0 spiro atoms. The molecule has 0 saturated heterocycles. The maximum Gasteiger partial charge on any atom is 0.453 e. The predicted octanol–water partition coefficient (Wildman–Crippen LogP) is 2.48. The minimum atomic E-state index is -2.30. The number of carbonyl (C=O) groups is 2. The Labute approximate surface area is 191 Å². The van der Waals surface area contributed by atoms with Gasteiger partial charge >= 0.3 is 17.7 Å². The lowest BCUT2D eigenvalue weighted by molar-refractivity contribution is -0.199. The van der Waals surface area contributed by atoms with Gasteiger partial charge < -0.3 is 29.4 Å². The van der Waals surface area contributed by atoms with E-state index in [0.717, 1.165) is 30.2 Å². The number of esters is 2. The molecule has 2 atom stereocenters. The van der Waals surface area contributed by atoms with E-state index in [2.05, 4.69) is 14.8 Å². The van der Waals surface area contributed by atoms with Gasteiger partial charge in [0.05, 0.1) is 20.3 Å². The SMILES string of the molecule is COC(=O)C1(C(=O)OC)Oc2ccc(CC(C)NCC(O)c3ccccc3SC)cc2O1. The van der Waals surface area contributed by atoms with Gasteiger partial charge in [0.1, 0.15) is 0 Å². The number of benzene rings is 2. The number of hydrogen-bond donors (Lipinski definition) is 2. The lowest BCUT2D eigenvalue weighted by atomic mass is 10.1. The van der Waals surface area contributed by atoms with Crippen LogP contribution in [-0.4, -0.2) is 55.9 Å². The van der Waals surface area contributed by atoms with Gasteiger partial charge in [-0.3, -0.25) is 0 Å². The van der Waals surface area contributed by atoms with Gasteiger partial charge in [0.15, 0.2) is 11.5 Å². The minimum absolute atomic E-state index is 0.0393. The quantitative estimate of drug-likeness (QED) is 0.331. The van der Waals surface area contributed by atoms with Crippen LogP contribution in [-0.2, 0) is 25.5 Å². The van der Waals surface area contributed by atoms with Gasteiger partial charge in [-0.25, -0.2) is 9.59 Å². The molecule has 2 N–H and O–H groups in total. The molecule has 9 heteroatoms. The Morgan fingerprint density at radius 3 is 2.41 bits per heavy atom. The van der Waals surface area contributed by atoms with Crippen molar-refractivity contribution in [1.82, 2.24) is 5.32 Å². The lowest BCUT2D eigenvalue weighted by Gasteiger charge is -2.21. The second kappa shape index (κ2) is 10.2. The molecule has 2 unspecified atom stereocenters. The summed E-state index contributed by atoms with van der Waals surface area (Å²) < 4.78 is 20.4. The van der Waals surface area contributed by atoms with Crippen molar-refractivity contribution in [3.8, 4) is 11.5 Å². The van der Waals surface area contributed by atoms with Crippen LogP contribution in [0.3, 0.4) is 0 Å². The summed E-state index contributed by atoms with van der Waals surface area (Å²) in [5, 5.41) is 13.9. The van der Waals surface area contributed by atoms with Crippen molar-refractivity contribution in [3.63, 3.8) is 0 Å². The van der Waals surface area contributed by atoms with Gasteiger partial charge in [-0.15, -0.1) is 11.8 Å². The molecule has 0 radical (unpaired) electrons. The van der Waals surface area contributed by atoms with Crippen molar-refractivity contribution in [2.75, 3.05) is 27.0 Å². The molecular weight excluding hydrogens is 434 g/mol. The van der Waals surface area contributed by atoms with Crippen LogP contribution in [0, 0.1) is 0 Å². The smallest absolute Gasteiger partial charge is 0.453 e. The van der Waals surface area contributed by atoms with Crippen LogP contribution in [0.4, 0.5) is 0 Å². The minimum Gasteiger partial charge on any atom is -0.463 e. The van der Waals surface area contributed by atoms with Crippen LogP contribution in [0.5, 0.6) is 11.5 Å². The molecule has 0 aliphatic carbocycles. The number of thioether (sulfide) groups is 1. The monoisotopic (exact) mass is 461 g/mol. The molecule has 1 aliphatic rings. The topological polar surface area (TPSA) is 103 Å². The van der Waals surface area contributed by atoms with E-state index in [9.17, 15) is 14.7 Å². The van der Waals surface area contributed by atoms with Gasteiger partial charge in [0.2, 0.25) is 0 Å². The predicted molar refractivity (Wildman–Crippen MR) is 119 cm³/mol. The molecule has 0 amide bonds. The summed E-state index contributed by atoms with van der Waals surface area (Å²) >= 11 is 1.60. The fraction of sp³-hybridized carbons (Fsp3) is 0.391. The molecule has 0 bridgehead atoms. The van der Waals surface area contributed by atoms with Gasteiger partial charge in [0, 0.05) is 17.5 Å². The van der Waals surface area contributed by atoms with Gasteiger partial charge in [0.25, 0.3) is 0 Å². The number of carbonyl (C=O) groups excluding carboxylic acids is 2. The number of fused-ring (bicyclic) bond motifs is 1. The van der Waals surface area contributed by atoms with Crippen LogP contribution in [0.15, 0.2) is 47.4 Å². The Morgan fingerprint density at radius 1 is 1.09 bits per heavy atom. The maximum atomic E-state index is 12.2. The van der Waals surface area contributed by atoms with E-state index in [4.69, 9.17) is 9.47 Å². The average Bonchev–Trinajstić information content (AvgIpc) is 3.21. The second-order valence-electron chi connectivity index (χ2n) is 7.36. The van der Waals surface area contributed by atoms with E-state index in [1.165, 1.54) is 0 Å². The highest BCUT2D eigenvalue weighted by atomic mass is 32.2. The zero-order chi connectivity index (χ0) is 23.3. The number of hydrogen-bond acceptors (Lipinski definition) is 9. The summed E-state index contributed by atoms with van der Waals surface area (Å²) in [6.07, 6.45) is 1.98.